The Bertz CT molecular complexity index is 695. The van der Waals surface area contributed by atoms with Crippen molar-refractivity contribution < 1.29 is 9.53 Å². The van der Waals surface area contributed by atoms with Crippen LogP contribution in [-0.4, -0.2) is 43.2 Å². The summed E-state index contributed by atoms with van der Waals surface area (Å²) in [5.74, 6) is 1.67. The number of amides is 2. The van der Waals surface area contributed by atoms with E-state index >= 15 is 0 Å². The van der Waals surface area contributed by atoms with Crippen LogP contribution >= 0.6 is 0 Å². The first-order valence-corrected chi connectivity index (χ1v) is 8.76. The van der Waals surface area contributed by atoms with E-state index in [9.17, 15) is 4.79 Å². The maximum atomic E-state index is 12.1. The molecule has 0 aliphatic carbocycles. The Kier molecular flexibility index (Phi) is 5.43. The van der Waals surface area contributed by atoms with E-state index in [0.717, 1.165) is 30.3 Å². The third kappa shape index (κ3) is 4.44. The number of anilines is 1. The Morgan fingerprint density at radius 1 is 0.960 bits per heavy atom. The molecule has 2 aromatic rings. The quantitative estimate of drug-likeness (QED) is 0.923. The molecule has 0 unspecified atom stereocenters. The number of carbonyl (C=O) groups excluding carboxylic acids is 1. The number of piperazine rings is 1. The SMILES string of the molecule is CC(C)NC(=O)N1CCN(c2ccccc2Oc2ccccc2)CC1. The number of hydrogen-bond acceptors (Lipinski definition) is 3. The van der Waals surface area contributed by atoms with Crippen molar-refractivity contribution in [3.05, 3.63) is 54.6 Å². The standard InChI is InChI=1S/C20H25N3O2/c1-16(2)21-20(24)23-14-12-22(13-15-23)18-10-6-7-11-19(18)25-17-8-4-3-5-9-17/h3-11,16H,12-15H2,1-2H3,(H,21,24). The zero-order valence-electron chi connectivity index (χ0n) is 14.8. The van der Waals surface area contributed by atoms with Crippen LogP contribution in [-0.2, 0) is 0 Å². The largest absolute Gasteiger partial charge is 0.455 e. The molecule has 0 atom stereocenters. The first kappa shape index (κ1) is 17.1. The molecule has 2 amide bonds. The van der Waals surface area contributed by atoms with Gasteiger partial charge in [0.25, 0.3) is 0 Å². The van der Waals surface area contributed by atoms with Crippen molar-refractivity contribution in [2.24, 2.45) is 0 Å². The van der Waals surface area contributed by atoms with Gasteiger partial charge in [-0.1, -0.05) is 30.3 Å². The van der Waals surface area contributed by atoms with Crippen LogP contribution in [0.3, 0.4) is 0 Å². The Balaban J connectivity index is 1.66. The molecule has 0 radical (unpaired) electrons. The van der Waals surface area contributed by atoms with Gasteiger partial charge in [-0.3, -0.25) is 0 Å². The first-order chi connectivity index (χ1) is 12.1. The smallest absolute Gasteiger partial charge is 0.317 e. The second kappa shape index (κ2) is 7.92. The highest BCUT2D eigenvalue weighted by atomic mass is 16.5. The maximum Gasteiger partial charge on any atom is 0.317 e. The lowest BCUT2D eigenvalue weighted by atomic mass is 10.2. The van der Waals surface area contributed by atoms with Gasteiger partial charge >= 0.3 is 6.03 Å². The van der Waals surface area contributed by atoms with E-state index in [1.165, 1.54) is 0 Å². The number of nitrogens with one attached hydrogen (secondary N) is 1. The zero-order valence-corrected chi connectivity index (χ0v) is 14.8. The lowest BCUT2D eigenvalue weighted by Crippen LogP contribution is -2.53. The molecule has 25 heavy (non-hydrogen) atoms. The monoisotopic (exact) mass is 339 g/mol. The number of rotatable bonds is 4. The number of benzene rings is 2. The average Bonchev–Trinajstić information content (AvgIpc) is 2.63. The molecule has 0 aromatic heterocycles. The van der Waals surface area contributed by atoms with Crippen molar-refractivity contribution in [3.63, 3.8) is 0 Å². The van der Waals surface area contributed by atoms with Crippen molar-refractivity contribution >= 4 is 11.7 Å². The van der Waals surface area contributed by atoms with Crippen molar-refractivity contribution in [1.82, 2.24) is 10.2 Å². The molecule has 1 aliphatic heterocycles. The molecule has 0 bridgehead atoms. The van der Waals surface area contributed by atoms with Gasteiger partial charge < -0.3 is 19.9 Å². The maximum absolute atomic E-state index is 12.1. The van der Waals surface area contributed by atoms with Crippen LogP contribution in [0.15, 0.2) is 54.6 Å². The van der Waals surface area contributed by atoms with Crippen molar-refractivity contribution in [2.75, 3.05) is 31.1 Å². The van der Waals surface area contributed by atoms with Crippen LogP contribution in [0, 0.1) is 0 Å². The first-order valence-electron chi connectivity index (χ1n) is 8.76. The fourth-order valence-electron chi connectivity index (χ4n) is 2.91. The molecule has 132 valence electrons. The summed E-state index contributed by atoms with van der Waals surface area (Å²) in [5, 5.41) is 2.95. The Morgan fingerprint density at radius 2 is 1.60 bits per heavy atom. The molecule has 1 heterocycles. The average molecular weight is 339 g/mol. The molecule has 1 aliphatic rings. The van der Waals surface area contributed by atoms with Gasteiger partial charge in [0.15, 0.2) is 5.75 Å². The molecule has 0 saturated carbocycles. The molecular weight excluding hydrogens is 314 g/mol. The summed E-state index contributed by atoms with van der Waals surface area (Å²) in [6, 6.07) is 18.0. The molecule has 1 saturated heterocycles. The summed E-state index contributed by atoms with van der Waals surface area (Å²) in [7, 11) is 0. The molecule has 5 nitrogen and oxygen atoms in total. The van der Waals surface area contributed by atoms with Crippen molar-refractivity contribution in [2.45, 2.75) is 19.9 Å². The number of nitrogens with zero attached hydrogens (tertiary/aromatic N) is 2. The van der Waals surface area contributed by atoms with E-state index in [1.807, 2.05) is 67.3 Å². The highest BCUT2D eigenvalue weighted by Gasteiger charge is 2.23. The molecular formula is C20H25N3O2. The highest BCUT2D eigenvalue weighted by Crippen LogP contribution is 2.32. The van der Waals surface area contributed by atoms with Gasteiger partial charge in [-0.05, 0) is 38.1 Å². The van der Waals surface area contributed by atoms with Crippen LogP contribution in [0.5, 0.6) is 11.5 Å². The summed E-state index contributed by atoms with van der Waals surface area (Å²) in [6.07, 6.45) is 0. The number of hydrogen-bond donors (Lipinski definition) is 1. The molecule has 2 aromatic carbocycles. The Labute approximate surface area is 149 Å². The predicted octanol–water partition coefficient (Wildman–Crippen LogP) is 3.72. The zero-order chi connectivity index (χ0) is 17.6. The number of urea groups is 1. The minimum Gasteiger partial charge on any atom is -0.455 e. The third-order valence-electron chi connectivity index (χ3n) is 4.16. The third-order valence-corrected chi connectivity index (χ3v) is 4.16. The van der Waals surface area contributed by atoms with Gasteiger partial charge in [0.1, 0.15) is 5.75 Å². The second-order valence-corrected chi connectivity index (χ2v) is 6.46. The second-order valence-electron chi connectivity index (χ2n) is 6.46. The van der Waals surface area contributed by atoms with Gasteiger partial charge in [0.05, 0.1) is 5.69 Å². The van der Waals surface area contributed by atoms with E-state index < -0.39 is 0 Å². The number of ether oxygens (including phenoxy) is 1. The van der Waals surface area contributed by atoms with Gasteiger partial charge in [-0.2, -0.15) is 0 Å². The van der Waals surface area contributed by atoms with E-state index in [0.29, 0.717) is 13.1 Å². The predicted molar refractivity (Wildman–Crippen MR) is 100 cm³/mol. The van der Waals surface area contributed by atoms with Crippen LogP contribution in [0.4, 0.5) is 10.5 Å². The fourth-order valence-corrected chi connectivity index (χ4v) is 2.91. The van der Waals surface area contributed by atoms with Gasteiger partial charge in [0.2, 0.25) is 0 Å². The molecule has 0 spiro atoms. The molecule has 3 rings (SSSR count). The minimum atomic E-state index is 0.0171. The molecule has 1 N–H and O–H groups in total. The minimum absolute atomic E-state index is 0.0171. The van der Waals surface area contributed by atoms with Crippen LogP contribution in [0.2, 0.25) is 0 Å². The van der Waals surface area contributed by atoms with E-state index in [1.54, 1.807) is 0 Å². The van der Waals surface area contributed by atoms with Crippen molar-refractivity contribution in [3.8, 4) is 11.5 Å². The molecule has 1 fully saturated rings. The van der Waals surface area contributed by atoms with Gasteiger partial charge in [-0.25, -0.2) is 4.79 Å². The van der Waals surface area contributed by atoms with Gasteiger partial charge in [0, 0.05) is 32.2 Å². The fraction of sp³-hybridized carbons (Fsp3) is 0.350. The van der Waals surface area contributed by atoms with E-state index in [-0.39, 0.29) is 12.1 Å². The summed E-state index contributed by atoms with van der Waals surface area (Å²) < 4.78 is 6.06. The van der Waals surface area contributed by atoms with Crippen LogP contribution in [0.25, 0.3) is 0 Å². The van der Waals surface area contributed by atoms with E-state index in [4.69, 9.17) is 4.74 Å². The summed E-state index contributed by atoms with van der Waals surface area (Å²) in [6.45, 7) is 6.95. The topological polar surface area (TPSA) is 44.8 Å². The number of carbonyl (C=O) groups is 1. The Hall–Kier alpha value is -2.69. The van der Waals surface area contributed by atoms with Crippen molar-refractivity contribution in [1.29, 1.82) is 0 Å². The number of para-hydroxylation sites is 3. The normalized spacial score (nSPS) is 14.5. The lowest BCUT2D eigenvalue weighted by molar-refractivity contribution is 0.192. The lowest BCUT2D eigenvalue weighted by Gasteiger charge is -2.37. The summed E-state index contributed by atoms with van der Waals surface area (Å²) in [4.78, 5) is 16.3. The summed E-state index contributed by atoms with van der Waals surface area (Å²) in [5.41, 5.74) is 1.07. The highest BCUT2D eigenvalue weighted by molar-refractivity contribution is 5.75. The molecule has 5 heteroatoms. The van der Waals surface area contributed by atoms with Crippen LogP contribution in [0.1, 0.15) is 13.8 Å². The van der Waals surface area contributed by atoms with Gasteiger partial charge in [-0.15, -0.1) is 0 Å². The van der Waals surface area contributed by atoms with Crippen LogP contribution < -0.4 is 15.0 Å². The Morgan fingerprint density at radius 3 is 2.28 bits per heavy atom. The summed E-state index contributed by atoms with van der Waals surface area (Å²) >= 11 is 0. The van der Waals surface area contributed by atoms with E-state index in [2.05, 4.69) is 16.3 Å².